The monoisotopic (exact) mass is 456 g/mol. The van der Waals surface area contributed by atoms with Crippen LogP contribution in [0, 0.1) is 5.92 Å². The molecule has 170 valence electrons. The SMILES string of the molecule is C=C(C)C(=O)OCCCOC(=O)c1ccc(-c2ccc(OC(=O)C(C)C)c(SC)c2)cc1. The Morgan fingerprint density at radius 2 is 1.59 bits per heavy atom. The highest BCUT2D eigenvalue weighted by Gasteiger charge is 2.14. The molecule has 0 unspecified atom stereocenters. The normalized spacial score (nSPS) is 10.5. The van der Waals surface area contributed by atoms with E-state index in [4.69, 9.17) is 14.2 Å². The number of hydrogen-bond donors (Lipinski definition) is 0. The van der Waals surface area contributed by atoms with Crippen LogP contribution < -0.4 is 4.74 Å². The third-order valence-electron chi connectivity index (χ3n) is 4.40. The number of thioether (sulfide) groups is 1. The highest BCUT2D eigenvalue weighted by atomic mass is 32.2. The molecule has 7 heteroatoms. The van der Waals surface area contributed by atoms with Gasteiger partial charge in [0.25, 0.3) is 0 Å². The van der Waals surface area contributed by atoms with Gasteiger partial charge in [-0.2, -0.15) is 0 Å². The molecule has 0 radical (unpaired) electrons. The van der Waals surface area contributed by atoms with Gasteiger partial charge in [-0.15, -0.1) is 11.8 Å². The molecule has 0 aliphatic carbocycles. The first-order valence-electron chi connectivity index (χ1n) is 10.2. The lowest BCUT2D eigenvalue weighted by atomic mass is 10.0. The van der Waals surface area contributed by atoms with Crippen molar-refractivity contribution in [1.29, 1.82) is 0 Å². The summed E-state index contributed by atoms with van der Waals surface area (Å²) in [6, 6.07) is 12.7. The Balaban J connectivity index is 1.96. The molecule has 0 aromatic heterocycles. The molecule has 0 heterocycles. The number of rotatable bonds is 10. The zero-order valence-electron chi connectivity index (χ0n) is 18.8. The van der Waals surface area contributed by atoms with Gasteiger partial charge in [0.1, 0.15) is 5.75 Å². The lowest BCUT2D eigenvalue weighted by Crippen LogP contribution is -2.15. The Labute approximate surface area is 192 Å². The van der Waals surface area contributed by atoms with Gasteiger partial charge in [-0.25, -0.2) is 9.59 Å². The van der Waals surface area contributed by atoms with Crippen LogP contribution in [0.25, 0.3) is 11.1 Å². The maximum Gasteiger partial charge on any atom is 0.338 e. The first-order chi connectivity index (χ1) is 15.2. The number of benzene rings is 2. The Bertz CT molecular complexity index is 978. The maximum absolute atomic E-state index is 12.2. The van der Waals surface area contributed by atoms with Crippen LogP contribution >= 0.6 is 11.8 Å². The van der Waals surface area contributed by atoms with E-state index >= 15 is 0 Å². The molecular formula is C25H28O6S. The summed E-state index contributed by atoms with van der Waals surface area (Å²) in [5.74, 6) is -0.840. The number of ether oxygens (including phenoxy) is 3. The van der Waals surface area contributed by atoms with Crippen molar-refractivity contribution in [1.82, 2.24) is 0 Å². The van der Waals surface area contributed by atoms with E-state index < -0.39 is 11.9 Å². The van der Waals surface area contributed by atoms with Gasteiger partial charge >= 0.3 is 17.9 Å². The fraction of sp³-hybridized carbons (Fsp3) is 0.320. The summed E-state index contributed by atoms with van der Waals surface area (Å²) in [5, 5.41) is 0. The third kappa shape index (κ3) is 7.27. The summed E-state index contributed by atoms with van der Waals surface area (Å²) < 4.78 is 15.6. The van der Waals surface area contributed by atoms with Gasteiger partial charge in [0.05, 0.1) is 29.6 Å². The summed E-state index contributed by atoms with van der Waals surface area (Å²) in [4.78, 5) is 36.3. The number of carbonyl (C=O) groups is 3. The van der Waals surface area contributed by atoms with Gasteiger partial charge in [0, 0.05) is 12.0 Å². The van der Waals surface area contributed by atoms with Crippen molar-refractivity contribution in [3.63, 3.8) is 0 Å². The fourth-order valence-corrected chi connectivity index (χ4v) is 3.11. The molecule has 2 aromatic carbocycles. The summed E-state index contributed by atoms with van der Waals surface area (Å²) >= 11 is 1.49. The van der Waals surface area contributed by atoms with Crippen LogP contribution in [0.1, 0.15) is 37.6 Å². The van der Waals surface area contributed by atoms with E-state index in [-0.39, 0.29) is 25.1 Å². The fourth-order valence-electron chi connectivity index (χ4n) is 2.55. The van der Waals surface area contributed by atoms with Crippen molar-refractivity contribution in [3.8, 4) is 16.9 Å². The van der Waals surface area contributed by atoms with Crippen molar-refractivity contribution in [3.05, 3.63) is 60.2 Å². The van der Waals surface area contributed by atoms with Crippen LogP contribution in [0.2, 0.25) is 0 Å². The van der Waals surface area contributed by atoms with E-state index in [1.165, 1.54) is 11.8 Å². The van der Waals surface area contributed by atoms with Crippen molar-refractivity contribution in [2.45, 2.75) is 32.1 Å². The predicted molar refractivity (Wildman–Crippen MR) is 125 cm³/mol. The highest BCUT2D eigenvalue weighted by molar-refractivity contribution is 7.98. The van der Waals surface area contributed by atoms with E-state index in [9.17, 15) is 14.4 Å². The zero-order valence-corrected chi connectivity index (χ0v) is 19.6. The van der Waals surface area contributed by atoms with E-state index in [1.807, 2.05) is 30.5 Å². The molecule has 6 nitrogen and oxygen atoms in total. The van der Waals surface area contributed by atoms with Gasteiger partial charge in [0.2, 0.25) is 0 Å². The average molecular weight is 457 g/mol. The topological polar surface area (TPSA) is 78.9 Å². The lowest BCUT2D eigenvalue weighted by molar-refractivity contribution is -0.139. The molecule has 0 aliphatic rings. The minimum absolute atomic E-state index is 0.150. The minimum atomic E-state index is -0.456. The standard InChI is InChI=1S/C25H28O6S/c1-16(2)23(26)29-13-6-14-30-25(28)19-9-7-18(8-10-19)20-11-12-21(22(15-20)32-5)31-24(27)17(3)4/h7-12,15,17H,1,6,13-14H2,2-5H3. The molecule has 0 atom stereocenters. The average Bonchev–Trinajstić information content (AvgIpc) is 2.78. The summed E-state index contributed by atoms with van der Waals surface area (Å²) in [7, 11) is 0. The van der Waals surface area contributed by atoms with E-state index in [2.05, 4.69) is 6.58 Å². The summed E-state index contributed by atoms with van der Waals surface area (Å²) in [6.07, 6.45) is 2.33. The minimum Gasteiger partial charge on any atom is -0.462 e. The molecule has 0 bridgehead atoms. The first kappa shape index (κ1) is 25.2. The second kappa shape index (κ2) is 12.1. The molecule has 0 N–H and O–H groups in total. The molecule has 0 amide bonds. The quantitative estimate of drug-likeness (QED) is 0.158. The molecular weight excluding hydrogens is 428 g/mol. The Kier molecular flexibility index (Phi) is 9.53. The molecule has 2 aromatic rings. The van der Waals surface area contributed by atoms with Crippen LogP contribution in [0.3, 0.4) is 0 Å². The molecule has 0 saturated carbocycles. The molecule has 32 heavy (non-hydrogen) atoms. The van der Waals surface area contributed by atoms with Gasteiger partial charge < -0.3 is 14.2 Å². The summed E-state index contributed by atoms with van der Waals surface area (Å²) in [6.45, 7) is 8.97. The molecule has 2 rings (SSSR count). The zero-order chi connectivity index (χ0) is 23.7. The van der Waals surface area contributed by atoms with Crippen LogP contribution in [-0.4, -0.2) is 37.4 Å². The molecule has 0 spiro atoms. The number of hydrogen-bond acceptors (Lipinski definition) is 7. The molecule has 0 fully saturated rings. The number of esters is 3. The van der Waals surface area contributed by atoms with Crippen LogP contribution in [0.4, 0.5) is 0 Å². The van der Waals surface area contributed by atoms with Crippen LogP contribution in [-0.2, 0) is 19.1 Å². The third-order valence-corrected chi connectivity index (χ3v) is 5.16. The Hall–Kier alpha value is -3.06. The maximum atomic E-state index is 12.2. The van der Waals surface area contributed by atoms with Gasteiger partial charge in [-0.05, 0) is 48.6 Å². The van der Waals surface area contributed by atoms with Crippen molar-refractivity contribution in [2.24, 2.45) is 5.92 Å². The number of carbonyl (C=O) groups excluding carboxylic acids is 3. The summed E-state index contributed by atoms with van der Waals surface area (Å²) in [5.41, 5.74) is 2.63. The van der Waals surface area contributed by atoms with Gasteiger partial charge in [-0.1, -0.05) is 38.6 Å². The molecule has 0 aliphatic heterocycles. The van der Waals surface area contributed by atoms with Crippen molar-refractivity contribution in [2.75, 3.05) is 19.5 Å². The Morgan fingerprint density at radius 3 is 2.19 bits per heavy atom. The lowest BCUT2D eigenvalue weighted by Gasteiger charge is -2.12. The first-order valence-corrected chi connectivity index (χ1v) is 11.4. The van der Waals surface area contributed by atoms with Gasteiger partial charge in [0.15, 0.2) is 0 Å². The molecule has 0 saturated heterocycles. The largest absolute Gasteiger partial charge is 0.462 e. The second-order valence-corrected chi connectivity index (χ2v) is 8.27. The van der Waals surface area contributed by atoms with E-state index in [0.29, 0.717) is 23.3 Å². The van der Waals surface area contributed by atoms with Crippen LogP contribution in [0.15, 0.2) is 59.5 Å². The highest BCUT2D eigenvalue weighted by Crippen LogP contribution is 2.33. The predicted octanol–water partition coefficient (Wildman–Crippen LogP) is 5.30. The van der Waals surface area contributed by atoms with E-state index in [0.717, 1.165) is 16.0 Å². The van der Waals surface area contributed by atoms with E-state index in [1.54, 1.807) is 39.0 Å². The Morgan fingerprint density at radius 1 is 0.969 bits per heavy atom. The van der Waals surface area contributed by atoms with Crippen molar-refractivity contribution < 1.29 is 28.6 Å². The van der Waals surface area contributed by atoms with Gasteiger partial charge in [-0.3, -0.25) is 4.79 Å². The van der Waals surface area contributed by atoms with Crippen molar-refractivity contribution >= 4 is 29.7 Å². The van der Waals surface area contributed by atoms with Crippen LogP contribution in [0.5, 0.6) is 5.75 Å². The smallest absolute Gasteiger partial charge is 0.338 e. The second-order valence-electron chi connectivity index (χ2n) is 7.42.